The SMILES string of the molecule is COc1ccc(CN2CC[C@]3(CCC[C@H](CC(=O)OC(C)(C)C)C3)C2=O)cc1.COc1ccc(CN2CC[C@]3(CCC[C@H](CC(=O)c4cccc(C)n4)C3)C2=O)cc1. The van der Waals surface area contributed by atoms with Crippen molar-refractivity contribution in [2.75, 3.05) is 27.3 Å². The minimum Gasteiger partial charge on any atom is -0.497 e. The first-order valence-electron chi connectivity index (χ1n) is 21.2. The highest BCUT2D eigenvalue weighted by atomic mass is 16.6. The molecule has 7 rings (SSSR count). The minimum absolute atomic E-state index is 0.0984. The van der Waals surface area contributed by atoms with Gasteiger partial charge >= 0.3 is 5.97 Å². The lowest BCUT2D eigenvalue weighted by atomic mass is 9.67. The number of methoxy groups -OCH3 is 2. The first-order chi connectivity index (χ1) is 27.7. The van der Waals surface area contributed by atoms with Crippen molar-refractivity contribution in [2.24, 2.45) is 22.7 Å². The Kier molecular flexibility index (Phi) is 13.6. The van der Waals surface area contributed by atoms with Crippen LogP contribution < -0.4 is 9.47 Å². The van der Waals surface area contributed by atoms with Crippen LogP contribution in [0.5, 0.6) is 11.5 Å². The molecule has 2 saturated carbocycles. The minimum atomic E-state index is -0.457. The van der Waals surface area contributed by atoms with E-state index >= 15 is 0 Å². The van der Waals surface area contributed by atoms with Crippen LogP contribution in [0.1, 0.15) is 125 Å². The van der Waals surface area contributed by atoms with Gasteiger partial charge < -0.3 is 24.0 Å². The molecule has 0 radical (unpaired) electrons. The number of nitrogens with zero attached hydrogens (tertiary/aromatic N) is 3. The average molecular weight is 794 g/mol. The van der Waals surface area contributed by atoms with Gasteiger partial charge in [0, 0.05) is 44.7 Å². The molecular formula is C48H63N3O7. The summed E-state index contributed by atoms with van der Waals surface area (Å²) < 4.78 is 15.9. The van der Waals surface area contributed by atoms with Gasteiger partial charge in [-0.15, -0.1) is 0 Å². The number of benzene rings is 2. The van der Waals surface area contributed by atoms with Crippen LogP contribution in [0.4, 0.5) is 0 Å². The molecule has 3 heterocycles. The van der Waals surface area contributed by atoms with Gasteiger partial charge in [-0.05, 0) is 138 Å². The largest absolute Gasteiger partial charge is 0.497 e. The summed E-state index contributed by atoms with van der Waals surface area (Å²) in [5, 5.41) is 0. The van der Waals surface area contributed by atoms with Gasteiger partial charge in [0.25, 0.3) is 0 Å². The van der Waals surface area contributed by atoms with Gasteiger partial charge in [-0.25, -0.2) is 0 Å². The second-order valence-electron chi connectivity index (χ2n) is 18.2. The first-order valence-corrected chi connectivity index (χ1v) is 21.2. The van der Waals surface area contributed by atoms with Crippen LogP contribution in [0, 0.1) is 29.6 Å². The molecule has 58 heavy (non-hydrogen) atoms. The van der Waals surface area contributed by atoms with Crippen molar-refractivity contribution in [1.29, 1.82) is 0 Å². The van der Waals surface area contributed by atoms with Crippen molar-refractivity contribution < 1.29 is 33.4 Å². The number of esters is 1. The van der Waals surface area contributed by atoms with Crippen LogP contribution in [0.3, 0.4) is 0 Å². The van der Waals surface area contributed by atoms with Gasteiger partial charge in [-0.1, -0.05) is 43.2 Å². The smallest absolute Gasteiger partial charge is 0.306 e. The quantitative estimate of drug-likeness (QED) is 0.140. The van der Waals surface area contributed by atoms with Gasteiger partial charge in [0.2, 0.25) is 11.8 Å². The average Bonchev–Trinajstić information content (AvgIpc) is 3.64. The zero-order valence-electron chi connectivity index (χ0n) is 35.5. The number of ether oxygens (including phenoxy) is 3. The van der Waals surface area contributed by atoms with E-state index in [1.165, 1.54) is 0 Å². The van der Waals surface area contributed by atoms with E-state index < -0.39 is 5.60 Å². The molecule has 2 saturated heterocycles. The van der Waals surface area contributed by atoms with E-state index in [1.54, 1.807) is 20.3 Å². The second-order valence-corrected chi connectivity index (χ2v) is 18.2. The number of amides is 2. The monoisotopic (exact) mass is 793 g/mol. The normalized spacial score (nSPS) is 24.4. The predicted molar refractivity (Wildman–Crippen MR) is 223 cm³/mol. The summed E-state index contributed by atoms with van der Waals surface area (Å²) in [5.74, 6) is 2.64. The number of carbonyl (C=O) groups is 4. The Morgan fingerprint density at radius 3 is 1.64 bits per heavy atom. The lowest BCUT2D eigenvalue weighted by Crippen LogP contribution is -2.38. The number of rotatable bonds is 11. The molecule has 2 amide bonds. The molecule has 1 aromatic heterocycles. The van der Waals surface area contributed by atoms with Crippen molar-refractivity contribution in [1.82, 2.24) is 14.8 Å². The van der Waals surface area contributed by atoms with Crippen LogP contribution in [0.2, 0.25) is 0 Å². The third-order valence-corrected chi connectivity index (χ3v) is 12.7. The Morgan fingerprint density at radius 1 is 0.707 bits per heavy atom. The van der Waals surface area contributed by atoms with Gasteiger partial charge in [0.05, 0.1) is 25.0 Å². The molecule has 312 valence electrons. The maximum atomic E-state index is 13.4. The van der Waals surface area contributed by atoms with Gasteiger partial charge in [-0.2, -0.15) is 0 Å². The lowest BCUT2D eigenvalue weighted by molar-refractivity contribution is -0.157. The molecule has 2 spiro atoms. The Morgan fingerprint density at radius 2 is 1.19 bits per heavy atom. The van der Waals surface area contributed by atoms with E-state index in [-0.39, 0.29) is 46.2 Å². The van der Waals surface area contributed by atoms with Crippen LogP contribution in [-0.2, 0) is 32.2 Å². The summed E-state index contributed by atoms with van der Waals surface area (Å²) in [6.07, 6.45) is 10.3. The van der Waals surface area contributed by atoms with E-state index in [9.17, 15) is 19.2 Å². The highest BCUT2D eigenvalue weighted by molar-refractivity contribution is 5.94. The number of ketones is 1. The summed E-state index contributed by atoms with van der Waals surface area (Å²) >= 11 is 0. The van der Waals surface area contributed by atoms with E-state index in [4.69, 9.17) is 14.2 Å². The van der Waals surface area contributed by atoms with E-state index in [2.05, 4.69) is 4.98 Å². The third-order valence-electron chi connectivity index (χ3n) is 12.7. The van der Waals surface area contributed by atoms with Gasteiger partial charge in [-0.3, -0.25) is 24.2 Å². The molecule has 0 bridgehead atoms. The van der Waals surface area contributed by atoms with Crippen LogP contribution in [-0.4, -0.2) is 71.3 Å². The molecule has 2 aromatic carbocycles. The number of Topliss-reactive ketones (excluding diaryl/α,β-unsaturated/α-hetero) is 1. The van der Waals surface area contributed by atoms with E-state index in [0.29, 0.717) is 31.6 Å². The number of aryl methyl sites for hydroxylation is 1. The van der Waals surface area contributed by atoms with E-state index in [1.807, 2.05) is 98.2 Å². The van der Waals surface area contributed by atoms with Crippen molar-refractivity contribution in [2.45, 2.75) is 123 Å². The zero-order chi connectivity index (χ0) is 41.5. The molecule has 0 N–H and O–H groups in total. The van der Waals surface area contributed by atoms with Crippen LogP contribution in [0.15, 0.2) is 66.7 Å². The van der Waals surface area contributed by atoms with Crippen molar-refractivity contribution in [3.8, 4) is 11.5 Å². The molecular weight excluding hydrogens is 731 g/mol. The number of hydrogen-bond donors (Lipinski definition) is 0. The lowest BCUT2D eigenvalue weighted by Gasteiger charge is -2.36. The summed E-state index contributed by atoms with van der Waals surface area (Å²) in [6.45, 7) is 10.5. The number of hydrogen-bond acceptors (Lipinski definition) is 8. The zero-order valence-corrected chi connectivity index (χ0v) is 35.5. The molecule has 3 aromatic rings. The predicted octanol–water partition coefficient (Wildman–Crippen LogP) is 8.92. The second kappa shape index (κ2) is 18.5. The molecule has 4 atom stereocenters. The van der Waals surface area contributed by atoms with Crippen molar-refractivity contribution in [3.63, 3.8) is 0 Å². The topological polar surface area (TPSA) is 115 Å². The fourth-order valence-corrected chi connectivity index (χ4v) is 9.84. The Balaban J connectivity index is 0.000000196. The van der Waals surface area contributed by atoms with Crippen molar-refractivity contribution in [3.05, 3.63) is 89.2 Å². The fourth-order valence-electron chi connectivity index (χ4n) is 9.84. The highest BCUT2D eigenvalue weighted by Crippen LogP contribution is 2.49. The Hall–Kier alpha value is -4.73. The number of aromatic nitrogens is 1. The standard InChI is InChI=1S/C25H30N2O3.C23H33NO4/c1-18-5-3-7-22(26-18)23(28)15-20-6-4-12-25(16-20)13-14-27(24(25)29)17-19-8-10-21(30-2)11-9-19;1-22(2,3)28-20(25)14-18-6-5-11-23(15-18)12-13-24(21(23)26)16-17-7-9-19(27-4)10-8-17/h3,5,7-11,20H,4,6,12-17H2,1-2H3;7-10,18H,5-6,11-16H2,1-4H3/t20-,25+;18-,23+/m11/s1. The summed E-state index contributed by atoms with van der Waals surface area (Å²) in [7, 11) is 3.31. The van der Waals surface area contributed by atoms with Crippen molar-refractivity contribution >= 4 is 23.6 Å². The Labute approximate surface area is 345 Å². The summed E-state index contributed by atoms with van der Waals surface area (Å²) in [5.41, 5.74) is 2.63. The molecule has 4 fully saturated rings. The van der Waals surface area contributed by atoms with Gasteiger partial charge in [0.1, 0.15) is 22.8 Å². The number of pyridine rings is 1. The van der Waals surface area contributed by atoms with Crippen LogP contribution >= 0.6 is 0 Å². The maximum absolute atomic E-state index is 13.4. The molecule has 2 aliphatic carbocycles. The Bertz CT molecular complexity index is 1910. The summed E-state index contributed by atoms with van der Waals surface area (Å²) in [6, 6.07) is 21.4. The maximum Gasteiger partial charge on any atom is 0.306 e. The first kappa shape index (κ1) is 42.9. The molecule has 4 aliphatic rings. The molecule has 0 unspecified atom stereocenters. The van der Waals surface area contributed by atoms with Crippen LogP contribution in [0.25, 0.3) is 0 Å². The molecule has 10 heteroatoms. The number of carbonyl (C=O) groups excluding carboxylic acids is 4. The number of likely N-dealkylation sites (tertiary alicyclic amines) is 2. The third kappa shape index (κ3) is 10.7. The van der Waals surface area contributed by atoms with Gasteiger partial charge in [0.15, 0.2) is 5.78 Å². The molecule has 2 aliphatic heterocycles. The molecule has 10 nitrogen and oxygen atoms in total. The summed E-state index contributed by atoms with van der Waals surface area (Å²) in [4.78, 5) is 60.0. The fraction of sp³-hybridized carbons (Fsp3) is 0.562. The van der Waals surface area contributed by atoms with E-state index in [0.717, 1.165) is 106 Å². The highest BCUT2D eigenvalue weighted by Gasteiger charge is 2.50.